The van der Waals surface area contributed by atoms with Crippen LogP contribution in [0.25, 0.3) is 0 Å². The number of ether oxygens (including phenoxy) is 1. The Morgan fingerprint density at radius 3 is 2.17 bits per heavy atom. The van der Waals surface area contributed by atoms with Gasteiger partial charge >= 0.3 is 6.36 Å². The summed E-state index contributed by atoms with van der Waals surface area (Å²) in [6, 6.07) is 8.79. The summed E-state index contributed by atoms with van der Waals surface area (Å²) in [7, 11) is 0. The van der Waals surface area contributed by atoms with Crippen LogP contribution in [0.4, 0.5) is 29.1 Å². The fraction of sp³-hybridized carbons (Fsp3) is 0.385. The van der Waals surface area contributed by atoms with Gasteiger partial charge < -0.3 is 15.5 Å². The van der Waals surface area contributed by atoms with Crippen LogP contribution in [0.2, 0.25) is 0 Å². The van der Waals surface area contributed by atoms with Crippen molar-refractivity contribution in [2.75, 3.05) is 5.32 Å². The number of rotatable bonds is 10. The van der Waals surface area contributed by atoms with Gasteiger partial charge in [-0.1, -0.05) is 34.3 Å². The standard InChI is InChI=1S/C19H19F3N4O.C7H11FO/c1-3-12(4-2)17(24)16-13(11-23)9-10-25-18(16)26-14-5-7-15(8-6-14)27-19(20,21)22;1-4-5(2)7(9)6(3)8/h5-10,12,24H,3-4H2,1-2H3,(H,25,26);5H,3-4H2,1-2H3. The lowest BCUT2D eigenvalue weighted by Crippen LogP contribution is -2.17. The molecule has 194 valence electrons. The highest BCUT2D eigenvalue weighted by Gasteiger charge is 2.31. The molecule has 2 rings (SSSR count). The molecule has 0 saturated heterocycles. The number of halogens is 4. The molecule has 1 aromatic carbocycles. The van der Waals surface area contributed by atoms with Gasteiger partial charge in [-0.2, -0.15) is 5.26 Å². The summed E-state index contributed by atoms with van der Waals surface area (Å²) in [5.74, 6) is -1.57. The molecule has 6 nitrogen and oxygen atoms in total. The van der Waals surface area contributed by atoms with Crippen molar-refractivity contribution in [3.8, 4) is 11.8 Å². The largest absolute Gasteiger partial charge is 0.573 e. The maximum absolute atomic E-state index is 12.3. The Hall–Kier alpha value is -3.74. The summed E-state index contributed by atoms with van der Waals surface area (Å²) in [6.45, 7) is 10.4. The monoisotopic (exact) mass is 506 g/mol. The van der Waals surface area contributed by atoms with E-state index in [4.69, 9.17) is 5.41 Å². The summed E-state index contributed by atoms with van der Waals surface area (Å²) < 4.78 is 52.6. The summed E-state index contributed by atoms with van der Waals surface area (Å²) >= 11 is 0. The Morgan fingerprint density at radius 2 is 1.75 bits per heavy atom. The van der Waals surface area contributed by atoms with E-state index in [1.54, 1.807) is 6.92 Å². The Bertz CT molecular complexity index is 1090. The van der Waals surface area contributed by atoms with Gasteiger partial charge in [-0.15, -0.1) is 13.2 Å². The maximum Gasteiger partial charge on any atom is 0.573 e. The van der Waals surface area contributed by atoms with Crippen molar-refractivity contribution < 1.29 is 27.1 Å². The van der Waals surface area contributed by atoms with Crippen molar-refractivity contribution in [1.29, 1.82) is 10.7 Å². The van der Waals surface area contributed by atoms with E-state index in [2.05, 4.69) is 27.7 Å². The molecule has 0 spiro atoms. The zero-order chi connectivity index (χ0) is 27.5. The third kappa shape index (κ3) is 9.13. The smallest absolute Gasteiger partial charge is 0.406 e. The molecular weight excluding hydrogens is 476 g/mol. The molecule has 0 saturated carbocycles. The van der Waals surface area contributed by atoms with Gasteiger partial charge in [-0.05, 0) is 49.6 Å². The molecule has 2 aromatic rings. The van der Waals surface area contributed by atoms with Gasteiger partial charge in [0.05, 0.1) is 11.1 Å². The van der Waals surface area contributed by atoms with E-state index in [9.17, 15) is 27.6 Å². The number of hydrogen-bond donors (Lipinski definition) is 2. The Morgan fingerprint density at radius 1 is 1.17 bits per heavy atom. The lowest BCUT2D eigenvalue weighted by molar-refractivity contribution is -0.274. The van der Waals surface area contributed by atoms with Crippen LogP contribution < -0.4 is 10.1 Å². The number of aromatic nitrogens is 1. The van der Waals surface area contributed by atoms with Crippen LogP contribution >= 0.6 is 0 Å². The van der Waals surface area contributed by atoms with Crippen LogP contribution in [0.15, 0.2) is 48.9 Å². The van der Waals surface area contributed by atoms with E-state index in [0.717, 1.165) is 12.8 Å². The molecule has 2 N–H and O–H groups in total. The number of alkyl halides is 3. The van der Waals surface area contributed by atoms with E-state index >= 15 is 0 Å². The van der Waals surface area contributed by atoms with Crippen molar-refractivity contribution >= 4 is 23.0 Å². The molecule has 0 aliphatic rings. The number of nitriles is 1. The van der Waals surface area contributed by atoms with E-state index in [1.807, 2.05) is 20.8 Å². The average Bonchev–Trinajstić information content (AvgIpc) is 2.84. The fourth-order valence-corrected chi connectivity index (χ4v) is 3.15. The first kappa shape index (κ1) is 30.3. The number of nitrogens with zero attached hydrogens (tertiary/aromatic N) is 2. The molecule has 0 bridgehead atoms. The lowest BCUT2D eigenvalue weighted by atomic mass is 9.90. The highest BCUT2D eigenvalue weighted by atomic mass is 19.4. The normalized spacial score (nSPS) is 11.6. The molecule has 0 radical (unpaired) electrons. The van der Waals surface area contributed by atoms with Crippen molar-refractivity contribution in [2.24, 2.45) is 11.8 Å². The van der Waals surface area contributed by atoms with Gasteiger partial charge in [0.2, 0.25) is 0 Å². The van der Waals surface area contributed by atoms with Crippen LogP contribution in [0, 0.1) is 28.6 Å². The third-order valence-corrected chi connectivity index (χ3v) is 5.41. The van der Waals surface area contributed by atoms with Crippen LogP contribution in [-0.4, -0.2) is 22.8 Å². The Balaban J connectivity index is 0.000000613. The topological polar surface area (TPSA) is 98.9 Å². The number of hydrogen-bond acceptors (Lipinski definition) is 6. The van der Waals surface area contributed by atoms with Crippen LogP contribution in [-0.2, 0) is 4.79 Å². The van der Waals surface area contributed by atoms with E-state index in [-0.39, 0.29) is 17.6 Å². The molecule has 10 heteroatoms. The van der Waals surface area contributed by atoms with Crippen LogP contribution in [0.1, 0.15) is 58.1 Å². The van der Waals surface area contributed by atoms with Crippen molar-refractivity contribution in [3.05, 3.63) is 60.1 Å². The molecule has 1 aromatic heterocycles. The zero-order valence-electron chi connectivity index (χ0n) is 20.7. The minimum atomic E-state index is -4.75. The number of ketones is 1. The first-order chi connectivity index (χ1) is 16.9. The zero-order valence-corrected chi connectivity index (χ0v) is 20.7. The van der Waals surface area contributed by atoms with E-state index in [1.165, 1.54) is 36.5 Å². The summed E-state index contributed by atoms with van der Waals surface area (Å²) in [6.07, 6.45) is -1.14. The predicted octanol–water partition coefficient (Wildman–Crippen LogP) is 7.48. The highest BCUT2D eigenvalue weighted by molar-refractivity contribution is 6.06. The molecular formula is C26H30F4N4O2. The van der Waals surface area contributed by atoms with Gasteiger partial charge in [0.1, 0.15) is 17.6 Å². The Labute approximate surface area is 208 Å². The first-order valence-corrected chi connectivity index (χ1v) is 11.4. The van der Waals surface area contributed by atoms with Gasteiger partial charge in [-0.3, -0.25) is 4.79 Å². The number of anilines is 2. The number of Topliss-reactive ketones (excluding diaryl/α,β-unsaturated/α-hetero) is 1. The second-order valence-electron chi connectivity index (χ2n) is 7.90. The number of carbonyl (C=O) groups excluding carboxylic acids is 1. The SMILES string of the molecule is C=C(F)C(=O)C(C)CC.CCC(CC)C(=N)c1c(C#N)ccnc1Nc1ccc(OC(F)(F)F)cc1. The molecule has 1 heterocycles. The Kier molecular flexibility index (Phi) is 11.8. The summed E-state index contributed by atoms with van der Waals surface area (Å²) in [4.78, 5) is 14.8. The number of carbonyl (C=O) groups is 1. The van der Waals surface area contributed by atoms with Gasteiger partial charge in [0.25, 0.3) is 0 Å². The number of nitrogens with one attached hydrogen (secondary N) is 2. The number of benzene rings is 1. The lowest BCUT2D eigenvalue weighted by Gasteiger charge is -2.18. The fourth-order valence-electron chi connectivity index (χ4n) is 3.15. The van der Waals surface area contributed by atoms with Crippen LogP contribution in [0.3, 0.4) is 0 Å². The van der Waals surface area contributed by atoms with Gasteiger partial charge in [0.15, 0.2) is 11.6 Å². The minimum absolute atomic E-state index is 0.0237. The minimum Gasteiger partial charge on any atom is -0.406 e. The second kappa shape index (κ2) is 14.0. The molecule has 1 unspecified atom stereocenters. The van der Waals surface area contributed by atoms with Gasteiger partial charge in [0, 0.05) is 29.4 Å². The van der Waals surface area contributed by atoms with Crippen LogP contribution in [0.5, 0.6) is 5.75 Å². The molecule has 1 atom stereocenters. The van der Waals surface area contributed by atoms with E-state index in [0.29, 0.717) is 34.8 Å². The van der Waals surface area contributed by atoms with Crippen molar-refractivity contribution in [2.45, 2.75) is 53.3 Å². The van der Waals surface area contributed by atoms with Crippen molar-refractivity contribution in [1.82, 2.24) is 4.98 Å². The van der Waals surface area contributed by atoms with E-state index < -0.39 is 18.0 Å². The molecule has 0 amide bonds. The number of pyridine rings is 1. The van der Waals surface area contributed by atoms with Gasteiger partial charge in [-0.25, -0.2) is 9.37 Å². The quantitative estimate of drug-likeness (QED) is 0.198. The number of allylic oxidation sites excluding steroid dienone is 1. The molecule has 0 aliphatic carbocycles. The average molecular weight is 507 g/mol. The van der Waals surface area contributed by atoms with Crippen molar-refractivity contribution in [3.63, 3.8) is 0 Å². The maximum atomic E-state index is 12.3. The summed E-state index contributed by atoms with van der Waals surface area (Å²) in [5, 5.41) is 20.9. The summed E-state index contributed by atoms with van der Waals surface area (Å²) in [5.41, 5.74) is 1.50. The molecule has 0 aliphatic heterocycles. The first-order valence-electron chi connectivity index (χ1n) is 11.4. The second-order valence-corrected chi connectivity index (χ2v) is 7.90. The third-order valence-electron chi connectivity index (χ3n) is 5.41. The molecule has 0 fully saturated rings. The molecule has 36 heavy (non-hydrogen) atoms. The predicted molar refractivity (Wildman–Crippen MR) is 131 cm³/mol. The highest BCUT2D eigenvalue weighted by Crippen LogP contribution is 2.28.